The zero-order valence-corrected chi connectivity index (χ0v) is 11.1. The maximum Gasteiger partial charge on any atom is 0.276 e. The molecule has 0 radical (unpaired) electrons. The van der Waals surface area contributed by atoms with Crippen molar-refractivity contribution in [3.8, 4) is 5.75 Å². The summed E-state index contributed by atoms with van der Waals surface area (Å²) < 4.78 is 19.1. The summed E-state index contributed by atoms with van der Waals surface area (Å²) in [6.45, 7) is -0.0998. The molecular weight excluding hydrogens is 319 g/mol. The summed E-state index contributed by atoms with van der Waals surface area (Å²) in [7, 11) is 0. The second kappa shape index (κ2) is 5.75. The molecule has 2 rings (SSSR count). The van der Waals surface area contributed by atoms with Crippen LogP contribution in [0.2, 0.25) is 0 Å². The Morgan fingerprint density at radius 2 is 2.16 bits per heavy atom. The molecule has 0 bridgehead atoms. The molecule has 0 fully saturated rings. The summed E-state index contributed by atoms with van der Waals surface area (Å²) in [5.74, 6) is -0.0973. The number of hydrogen-bond donors (Lipinski definition) is 0. The molecule has 0 saturated heterocycles. The highest BCUT2D eigenvalue weighted by Gasteiger charge is 2.14. The molecule has 0 amide bonds. The lowest BCUT2D eigenvalue weighted by molar-refractivity contribution is -0.385. The monoisotopic (exact) mass is 326 g/mol. The smallest absolute Gasteiger partial charge is 0.276 e. The molecule has 0 aliphatic rings. The molecule has 1 heterocycles. The topological polar surface area (TPSA) is 65.3 Å². The van der Waals surface area contributed by atoms with Crippen molar-refractivity contribution >= 4 is 21.6 Å². The highest BCUT2D eigenvalue weighted by atomic mass is 79.9. The van der Waals surface area contributed by atoms with Gasteiger partial charge in [0, 0.05) is 6.07 Å². The number of nitro benzene ring substituents is 1. The number of hydrogen-bond acceptors (Lipinski definition) is 4. The SMILES string of the molecule is O=[N+]([O-])c1ccc(F)cc1COc1ccc(Br)nc1. The first-order valence-electron chi connectivity index (χ1n) is 5.23. The minimum Gasteiger partial charge on any atom is -0.487 e. The van der Waals surface area contributed by atoms with E-state index in [-0.39, 0.29) is 17.9 Å². The molecule has 1 aromatic heterocycles. The van der Waals surface area contributed by atoms with E-state index in [0.717, 1.165) is 18.2 Å². The molecule has 0 atom stereocenters. The average molecular weight is 327 g/mol. The van der Waals surface area contributed by atoms with Gasteiger partial charge in [0.2, 0.25) is 0 Å². The quantitative estimate of drug-likeness (QED) is 0.490. The minimum atomic E-state index is -0.571. The van der Waals surface area contributed by atoms with Gasteiger partial charge in [0.1, 0.15) is 22.8 Å². The third-order valence-electron chi connectivity index (χ3n) is 2.33. The van der Waals surface area contributed by atoms with Gasteiger partial charge in [-0.3, -0.25) is 10.1 Å². The third kappa shape index (κ3) is 3.47. The summed E-state index contributed by atoms with van der Waals surface area (Å²) in [4.78, 5) is 14.2. The van der Waals surface area contributed by atoms with Crippen LogP contribution in [0.25, 0.3) is 0 Å². The van der Waals surface area contributed by atoms with Gasteiger partial charge in [0.15, 0.2) is 0 Å². The molecule has 0 spiro atoms. The van der Waals surface area contributed by atoms with Crippen LogP contribution in [0, 0.1) is 15.9 Å². The standard InChI is InChI=1S/C12H8BrFN2O3/c13-12-4-2-10(6-15-12)19-7-8-5-9(14)1-3-11(8)16(17)18/h1-6H,7H2. The van der Waals surface area contributed by atoms with Crippen LogP contribution in [-0.4, -0.2) is 9.91 Å². The van der Waals surface area contributed by atoms with E-state index >= 15 is 0 Å². The van der Waals surface area contributed by atoms with Gasteiger partial charge < -0.3 is 4.74 Å². The Labute approximate surface area is 116 Å². The van der Waals surface area contributed by atoms with E-state index in [0.29, 0.717) is 10.4 Å². The van der Waals surface area contributed by atoms with Crippen LogP contribution in [0.3, 0.4) is 0 Å². The second-order valence-corrected chi connectivity index (χ2v) is 4.45. The minimum absolute atomic E-state index is 0.0998. The van der Waals surface area contributed by atoms with E-state index in [1.54, 1.807) is 12.1 Å². The van der Waals surface area contributed by atoms with Crippen molar-refractivity contribution in [2.75, 3.05) is 0 Å². The van der Waals surface area contributed by atoms with Gasteiger partial charge in [-0.2, -0.15) is 0 Å². The Kier molecular flexibility index (Phi) is 4.06. The number of benzene rings is 1. The van der Waals surface area contributed by atoms with Crippen molar-refractivity contribution in [1.82, 2.24) is 4.98 Å². The summed E-state index contributed by atoms with van der Waals surface area (Å²) in [5.41, 5.74) is -0.000565. The van der Waals surface area contributed by atoms with Crippen molar-refractivity contribution in [2.45, 2.75) is 6.61 Å². The zero-order valence-electron chi connectivity index (χ0n) is 9.55. The van der Waals surface area contributed by atoms with Gasteiger partial charge in [-0.1, -0.05) is 0 Å². The highest BCUT2D eigenvalue weighted by molar-refractivity contribution is 9.10. The van der Waals surface area contributed by atoms with Gasteiger partial charge in [0.25, 0.3) is 5.69 Å². The van der Waals surface area contributed by atoms with Crippen molar-refractivity contribution < 1.29 is 14.1 Å². The zero-order chi connectivity index (χ0) is 13.8. The van der Waals surface area contributed by atoms with Crippen LogP contribution >= 0.6 is 15.9 Å². The van der Waals surface area contributed by atoms with Gasteiger partial charge in [-0.15, -0.1) is 0 Å². The van der Waals surface area contributed by atoms with Crippen molar-refractivity contribution in [3.63, 3.8) is 0 Å². The number of pyridine rings is 1. The van der Waals surface area contributed by atoms with E-state index in [9.17, 15) is 14.5 Å². The Morgan fingerprint density at radius 3 is 2.79 bits per heavy atom. The Hall–Kier alpha value is -2.02. The summed E-state index contributed by atoms with van der Waals surface area (Å²) in [6, 6.07) is 6.58. The summed E-state index contributed by atoms with van der Waals surface area (Å²) in [6.07, 6.45) is 1.47. The third-order valence-corrected chi connectivity index (χ3v) is 2.80. The lowest BCUT2D eigenvalue weighted by Crippen LogP contribution is -2.01. The van der Waals surface area contributed by atoms with E-state index < -0.39 is 10.7 Å². The van der Waals surface area contributed by atoms with Crippen molar-refractivity contribution in [2.24, 2.45) is 0 Å². The maximum atomic E-state index is 13.1. The maximum absolute atomic E-state index is 13.1. The Bertz CT molecular complexity index is 604. The average Bonchev–Trinajstić information content (AvgIpc) is 2.38. The lowest BCUT2D eigenvalue weighted by Gasteiger charge is -2.06. The first kappa shape index (κ1) is 13.4. The van der Waals surface area contributed by atoms with Crippen LogP contribution < -0.4 is 4.74 Å². The molecule has 1 aromatic carbocycles. The van der Waals surface area contributed by atoms with E-state index in [2.05, 4.69) is 20.9 Å². The normalized spacial score (nSPS) is 10.2. The first-order chi connectivity index (χ1) is 9.06. The van der Waals surface area contributed by atoms with Crippen LogP contribution in [0.1, 0.15) is 5.56 Å². The number of nitro groups is 1. The predicted molar refractivity (Wildman–Crippen MR) is 69.3 cm³/mol. The Balaban J connectivity index is 2.16. The van der Waals surface area contributed by atoms with Crippen LogP contribution in [0.15, 0.2) is 41.1 Å². The number of ether oxygens (including phenoxy) is 1. The Morgan fingerprint density at radius 1 is 1.37 bits per heavy atom. The fourth-order valence-corrected chi connectivity index (χ4v) is 1.69. The number of aromatic nitrogens is 1. The van der Waals surface area contributed by atoms with Crippen LogP contribution in [-0.2, 0) is 6.61 Å². The largest absolute Gasteiger partial charge is 0.487 e. The van der Waals surface area contributed by atoms with Crippen molar-refractivity contribution in [3.05, 3.63) is 62.6 Å². The molecule has 2 aromatic rings. The summed E-state index contributed by atoms with van der Waals surface area (Å²) >= 11 is 3.18. The molecular formula is C12H8BrFN2O3. The predicted octanol–water partition coefficient (Wildman–Crippen LogP) is 3.47. The molecule has 5 nitrogen and oxygen atoms in total. The molecule has 0 N–H and O–H groups in total. The fraction of sp³-hybridized carbons (Fsp3) is 0.0833. The number of halogens is 2. The first-order valence-corrected chi connectivity index (χ1v) is 6.03. The molecule has 19 heavy (non-hydrogen) atoms. The number of nitrogens with zero attached hydrogens (tertiary/aromatic N) is 2. The number of rotatable bonds is 4. The molecule has 0 unspecified atom stereocenters. The lowest BCUT2D eigenvalue weighted by atomic mass is 10.2. The molecule has 0 saturated carbocycles. The van der Waals surface area contributed by atoms with Gasteiger partial charge in [0.05, 0.1) is 16.7 Å². The van der Waals surface area contributed by atoms with E-state index in [1.165, 1.54) is 6.20 Å². The van der Waals surface area contributed by atoms with E-state index in [1.807, 2.05) is 0 Å². The van der Waals surface area contributed by atoms with Gasteiger partial charge in [-0.25, -0.2) is 9.37 Å². The van der Waals surface area contributed by atoms with Crippen molar-refractivity contribution in [1.29, 1.82) is 0 Å². The molecule has 0 aliphatic heterocycles. The van der Waals surface area contributed by atoms with Gasteiger partial charge in [-0.05, 0) is 40.2 Å². The molecule has 7 heteroatoms. The van der Waals surface area contributed by atoms with Crippen LogP contribution in [0.4, 0.5) is 10.1 Å². The summed E-state index contributed by atoms with van der Waals surface area (Å²) in [5, 5.41) is 10.8. The highest BCUT2D eigenvalue weighted by Crippen LogP contribution is 2.22. The van der Waals surface area contributed by atoms with Crippen LogP contribution in [0.5, 0.6) is 5.75 Å². The van der Waals surface area contributed by atoms with Gasteiger partial charge >= 0.3 is 0 Å². The second-order valence-electron chi connectivity index (χ2n) is 3.64. The molecule has 98 valence electrons. The molecule has 0 aliphatic carbocycles. The van der Waals surface area contributed by atoms with E-state index in [4.69, 9.17) is 4.74 Å². The fourth-order valence-electron chi connectivity index (χ4n) is 1.46.